The van der Waals surface area contributed by atoms with E-state index in [1.165, 1.54) is 4.90 Å². The lowest BCUT2D eigenvalue weighted by atomic mass is 10.0. The van der Waals surface area contributed by atoms with Crippen LogP contribution < -0.4 is 4.74 Å². The summed E-state index contributed by atoms with van der Waals surface area (Å²) in [6, 6.07) is 7.31. The smallest absolute Gasteiger partial charge is 0.401 e. The van der Waals surface area contributed by atoms with Crippen molar-refractivity contribution < 1.29 is 27.4 Å². The summed E-state index contributed by atoms with van der Waals surface area (Å²) in [7, 11) is 0. The van der Waals surface area contributed by atoms with Crippen LogP contribution in [0, 0.1) is 0 Å². The molecule has 0 bridgehead atoms. The lowest BCUT2D eigenvalue weighted by Gasteiger charge is -2.32. The summed E-state index contributed by atoms with van der Waals surface area (Å²) in [4.78, 5) is 13.6. The Morgan fingerprint density at radius 3 is 2.65 bits per heavy atom. The zero-order chi connectivity index (χ0) is 16.4. The molecule has 2 heterocycles. The second-order valence-electron chi connectivity index (χ2n) is 5.93. The predicted octanol–water partition coefficient (Wildman–Crippen LogP) is 2.73. The van der Waals surface area contributed by atoms with Crippen molar-refractivity contribution in [2.45, 2.75) is 31.0 Å². The third-order valence-corrected chi connectivity index (χ3v) is 4.20. The Morgan fingerprint density at radius 2 is 1.96 bits per heavy atom. The summed E-state index contributed by atoms with van der Waals surface area (Å²) >= 11 is 0. The van der Waals surface area contributed by atoms with Crippen molar-refractivity contribution in [3.8, 4) is 5.75 Å². The first-order valence-corrected chi connectivity index (χ1v) is 7.64. The molecule has 23 heavy (non-hydrogen) atoms. The van der Waals surface area contributed by atoms with E-state index in [0.29, 0.717) is 18.6 Å². The molecule has 1 saturated heterocycles. The van der Waals surface area contributed by atoms with E-state index in [1.807, 2.05) is 18.2 Å². The lowest BCUT2D eigenvalue weighted by molar-refractivity contribution is -0.161. The lowest BCUT2D eigenvalue weighted by Crippen LogP contribution is -2.42. The quantitative estimate of drug-likeness (QED) is 0.800. The van der Waals surface area contributed by atoms with E-state index in [9.17, 15) is 18.0 Å². The number of halogens is 3. The third-order valence-electron chi connectivity index (χ3n) is 4.20. The van der Waals surface area contributed by atoms with E-state index in [2.05, 4.69) is 0 Å². The maximum atomic E-state index is 12.4. The van der Waals surface area contributed by atoms with Gasteiger partial charge < -0.3 is 9.47 Å². The van der Waals surface area contributed by atoms with Gasteiger partial charge in [-0.15, -0.1) is 0 Å². The number of piperidine rings is 1. The molecule has 7 heteroatoms. The van der Waals surface area contributed by atoms with Gasteiger partial charge >= 0.3 is 12.1 Å². The Hall–Kier alpha value is -1.76. The van der Waals surface area contributed by atoms with Crippen molar-refractivity contribution >= 4 is 5.97 Å². The molecule has 0 N–H and O–H groups in total. The van der Waals surface area contributed by atoms with Gasteiger partial charge in [0.25, 0.3) is 0 Å². The molecular formula is C16H18F3NO3. The van der Waals surface area contributed by atoms with Crippen LogP contribution in [-0.2, 0) is 9.53 Å². The highest BCUT2D eigenvalue weighted by Crippen LogP contribution is 2.34. The van der Waals surface area contributed by atoms with Crippen LogP contribution >= 0.6 is 0 Å². The molecule has 1 aromatic rings. The zero-order valence-electron chi connectivity index (χ0n) is 12.5. The largest absolute Gasteiger partial charge is 0.492 e. The highest BCUT2D eigenvalue weighted by Gasteiger charge is 2.35. The fourth-order valence-electron chi connectivity index (χ4n) is 3.04. The molecule has 0 radical (unpaired) electrons. The first kappa shape index (κ1) is 16.1. The number of esters is 1. The van der Waals surface area contributed by atoms with Gasteiger partial charge in [0, 0.05) is 18.7 Å². The number of benzene rings is 1. The average Bonchev–Trinajstić information content (AvgIpc) is 2.92. The number of rotatable bonds is 3. The van der Waals surface area contributed by atoms with Gasteiger partial charge in [-0.25, -0.2) is 0 Å². The van der Waals surface area contributed by atoms with Gasteiger partial charge in [-0.1, -0.05) is 18.2 Å². The molecule has 0 aromatic heterocycles. The van der Waals surface area contributed by atoms with Crippen molar-refractivity contribution in [2.24, 2.45) is 0 Å². The molecule has 3 rings (SSSR count). The minimum absolute atomic E-state index is 0.255. The molecule has 1 fully saturated rings. The van der Waals surface area contributed by atoms with Crippen LogP contribution in [0.3, 0.4) is 0 Å². The maximum Gasteiger partial charge on any atom is 0.401 e. The summed E-state index contributed by atoms with van der Waals surface area (Å²) in [5.41, 5.74) is 0.812. The van der Waals surface area contributed by atoms with Gasteiger partial charge in [0.05, 0.1) is 6.54 Å². The maximum absolute atomic E-state index is 12.4. The predicted molar refractivity (Wildman–Crippen MR) is 76.3 cm³/mol. The van der Waals surface area contributed by atoms with Gasteiger partial charge in [-0.3, -0.25) is 9.69 Å². The number of carbonyl (C=O) groups is 1. The summed E-state index contributed by atoms with van der Waals surface area (Å²) in [6.45, 7) is -0.0764. The monoisotopic (exact) mass is 329 g/mol. The van der Waals surface area contributed by atoms with E-state index < -0.39 is 18.6 Å². The Bertz CT molecular complexity index is 568. The Balaban J connectivity index is 1.51. The van der Waals surface area contributed by atoms with Crippen molar-refractivity contribution in [3.63, 3.8) is 0 Å². The third kappa shape index (κ3) is 3.96. The Morgan fingerprint density at radius 1 is 1.26 bits per heavy atom. The zero-order valence-corrected chi connectivity index (χ0v) is 12.5. The molecule has 0 saturated carbocycles. The standard InChI is InChI=1S/C16H18F3NO3/c17-16(18,19)10-20-7-5-11(6-8-20)23-15(21)13-9-22-14-4-2-1-3-12(13)14/h1-4,11,13H,5-10H2/t13-/m1/s1. The van der Waals surface area contributed by atoms with Crippen molar-refractivity contribution in [1.82, 2.24) is 4.90 Å². The van der Waals surface area contributed by atoms with E-state index in [4.69, 9.17) is 9.47 Å². The number of fused-ring (bicyclic) bond motifs is 1. The molecule has 2 aliphatic heterocycles. The first-order chi connectivity index (χ1) is 10.9. The molecule has 0 amide bonds. The van der Waals surface area contributed by atoms with Crippen LogP contribution in [0.25, 0.3) is 0 Å². The molecular weight excluding hydrogens is 311 g/mol. The van der Waals surface area contributed by atoms with Crippen LogP contribution in [0.4, 0.5) is 13.2 Å². The van der Waals surface area contributed by atoms with Crippen LogP contribution in [0.1, 0.15) is 24.3 Å². The van der Waals surface area contributed by atoms with Gasteiger partial charge in [0.15, 0.2) is 0 Å². The average molecular weight is 329 g/mol. The number of nitrogens with zero attached hydrogens (tertiary/aromatic N) is 1. The fraction of sp³-hybridized carbons (Fsp3) is 0.562. The molecule has 0 aliphatic carbocycles. The number of carbonyl (C=O) groups excluding carboxylic acids is 1. The number of ether oxygens (including phenoxy) is 2. The normalized spacial score (nSPS) is 22.5. The second-order valence-corrected chi connectivity index (χ2v) is 5.93. The summed E-state index contributed by atoms with van der Waals surface area (Å²) in [5.74, 6) is -0.113. The van der Waals surface area contributed by atoms with Crippen LogP contribution in [0.5, 0.6) is 5.75 Å². The first-order valence-electron chi connectivity index (χ1n) is 7.64. The number of para-hydroxylation sites is 1. The summed E-state index contributed by atoms with van der Waals surface area (Å²) in [5, 5.41) is 0. The number of hydrogen-bond donors (Lipinski definition) is 0. The molecule has 0 unspecified atom stereocenters. The highest BCUT2D eigenvalue weighted by molar-refractivity contribution is 5.80. The summed E-state index contributed by atoms with van der Waals surface area (Å²) in [6.07, 6.45) is -3.65. The van der Waals surface area contributed by atoms with Crippen LogP contribution in [-0.4, -0.2) is 49.4 Å². The Labute approximate surface area is 132 Å². The van der Waals surface area contributed by atoms with E-state index in [-0.39, 0.29) is 31.8 Å². The topological polar surface area (TPSA) is 38.8 Å². The van der Waals surface area contributed by atoms with E-state index in [1.54, 1.807) is 6.07 Å². The molecule has 0 spiro atoms. The minimum atomic E-state index is -4.19. The molecule has 1 atom stereocenters. The molecule has 126 valence electrons. The highest BCUT2D eigenvalue weighted by atomic mass is 19.4. The second kappa shape index (κ2) is 6.39. The van der Waals surface area contributed by atoms with E-state index >= 15 is 0 Å². The molecule has 1 aromatic carbocycles. The van der Waals surface area contributed by atoms with Crippen molar-refractivity contribution in [2.75, 3.05) is 26.2 Å². The molecule has 4 nitrogen and oxygen atoms in total. The SMILES string of the molecule is O=C(OC1CCN(CC(F)(F)F)CC1)[C@@H]1COc2ccccc21. The number of hydrogen-bond acceptors (Lipinski definition) is 4. The molecule has 2 aliphatic rings. The van der Waals surface area contributed by atoms with Crippen LogP contribution in [0.15, 0.2) is 24.3 Å². The van der Waals surface area contributed by atoms with E-state index in [0.717, 1.165) is 5.56 Å². The number of likely N-dealkylation sites (tertiary alicyclic amines) is 1. The van der Waals surface area contributed by atoms with Crippen molar-refractivity contribution in [1.29, 1.82) is 0 Å². The van der Waals surface area contributed by atoms with Gasteiger partial charge in [0.1, 0.15) is 24.4 Å². The fourth-order valence-corrected chi connectivity index (χ4v) is 3.04. The van der Waals surface area contributed by atoms with Gasteiger partial charge in [0.2, 0.25) is 0 Å². The van der Waals surface area contributed by atoms with Gasteiger partial charge in [-0.05, 0) is 18.9 Å². The van der Waals surface area contributed by atoms with Crippen LogP contribution in [0.2, 0.25) is 0 Å². The number of alkyl halides is 3. The Kier molecular flexibility index (Phi) is 4.48. The summed E-state index contributed by atoms with van der Waals surface area (Å²) < 4.78 is 48.0. The van der Waals surface area contributed by atoms with Crippen molar-refractivity contribution in [3.05, 3.63) is 29.8 Å². The van der Waals surface area contributed by atoms with Gasteiger partial charge in [-0.2, -0.15) is 13.2 Å². The minimum Gasteiger partial charge on any atom is -0.492 e.